The maximum atomic E-state index is 13.1. The lowest BCUT2D eigenvalue weighted by Crippen LogP contribution is -2.22. The van der Waals surface area contributed by atoms with Gasteiger partial charge in [-0.1, -0.05) is 12.1 Å². The molecule has 0 spiro atoms. The minimum absolute atomic E-state index is 0.182. The van der Waals surface area contributed by atoms with E-state index in [1.807, 2.05) is 44.3 Å². The van der Waals surface area contributed by atoms with Crippen molar-refractivity contribution in [3.63, 3.8) is 0 Å². The molecular weight excluding hydrogens is 328 g/mol. The monoisotopic (exact) mass is 346 g/mol. The van der Waals surface area contributed by atoms with E-state index in [1.165, 1.54) is 0 Å². The Balaban J connectivity index is 1.62. The molecule has 0 saturated heterocycles. The number of amides is 1. The highest BCUT2D eigenvalue weighted by Crippen LogP contribution is 2.40. The Morgan fingerprint density at radius 3 is 2.88 bits per heavy atom. The van der Waals surface area contributed by atoms with Gasteiger partial charge in [0.15, 0.2) is 5.65 Å². The summed E-state index contributed by atoms with van der Waals surface area (Å²) in [6, 6.07) is 9.61. The van der Waals surface area contributed by atoms with Gasteiger partial charge in [0.25, 0.3) is 5.91 Å². The molecule has 1 aliphatic carbocycles. The van der Waals surface area contributed by atoms with Crippen LogP contribution >= 0.6 is 0 Å². The number of hydrogen-bond acceptors (Lipinski definition) is 4. The number of pyridine rings is 1. The van der Waals surface area contributed by atoms with Gasteiger partial charge in [-0.25, -0.2) is 14.6 Å². The first-order valence-corrected chi connectivity index (χ1v) is 8.69. The summed E-state index contributed by atoms with van der Waals surface area (Å²) in [5.74, 6) is 0.272. The zero-order valence-corrected chi connectivity index (χ0v) is 14.6. The number of rotatable bonds is 3. The van der Waals surface area contributed by atoms with Crippen LogP contribution in [-0.2, 0) is 7.05 Å². The molecule has 4 aromatic rings. The SMILES string of the molecule is Cc1nn(C)c2nc(C3CC3)cc(C(=O)Nn3cnc4ccccc43)c12. The zero-order chi connectivity index (χ0) is 17.8. The summed E-state index contributed by atoms with van der Waals surface area (Å²) < 4.78 is 3.41. The summed E-state index contributed by atoms with van der Waals surface area (Å²) in [5.41, 5.74) is 7.79. The lowest BCUT2D eigenvalue weighted by molar-refractivity contribution is 0.101. The van der Waals surface area contributed by atoms with Crippen LogP contribution in [0, 0.1) is 6.92 Å². The highest BCUT2D eigenvalue weighted by Gasteiger charge is 2.28. The second-order valence-corrected chi connectivity index (χ2v) is 6.82. The van der Waals surface area contributed by atoms with E-state index in [2.05, 4.69) is 15.5 Å². The number of aromatic nitrogens is 5. The molecule has 0 bridgehead atoms. The average molecular weight is 346 g/mol. The van der Waals surface area contributed by atoms with Crippen LogP contribution in [0.25, 0.3) is 22.1 Å². The number of aryl methyl sites for hydroxylation is 2. The van der Waals surface area contributed by atoms with Crippen LogP contribution < -0.4 is 5.43 Å². The molecule has 130 valence electrons. The molecule has 1 aromatic carbocycles. The molecule has 26 heavy (non-hydrogen) atoms. The number of hydrogen-bond donors (Lipinski definition) is 1. The Labute approximate surface area is 149 Å². The first-order chi connectivity index (χ1) is 12.6. The third kappa shape index (κ3) is 2.28. The topological polar surface area (TPSA) is 77.6 Å². The van der Waals surface area contributed by atoms with E-state index in [4.69, 9.17) is 4.98 Å². The van der Waals surface area contributed by atoms with Crippen molar-refractivity contribution in [2.24, 2.45) is 7.05 Å². The van der Waals surface area contributed by atoms with Crippen molar-refractivity contribution >= 4 is 28.0 Å². The Morgan fingerprint density at radius 1 is 1.27 bits per heavy atom. The van der Waals surface area contributed by atoms with Crippen molar-refractivity contribution in [3.05, 3.63) is 53.6 Å². The summed E-state index contributed by atoms with van der Waals surface area (Å²) in [5, 5.41) is 5.26. The number of para-hydroxylation sites is 2. The van der Waals surface area contributed by atoms with Crippen molar-refractivity contribution in [1.29, 1.82) is 0 Å². The van der Waals surface area contributed by atoms with Gasteiger partial charge in [-0.3, -0.25) is 14.9 Å². The first-order valence-electron chi connectivity index (χ1n) is 8.69. The molecule has 0 atom stereocenters. The van der Waals surface area contributed by atoms with E-state index in [9.17, 15) is 4.79 Å². The van der Waals surface area contributed by atoms with Crippen LogP contribution in [0.5, 0.6) is 0 Å². The quantitative estimate of drug-likeness (QED) is 0.619. The smallest absolute Gasteiger partial charge is 0.267 e. The molecule has 3 heterocycles. The minimum atomic E-state index is -0.182. The minimum Gasteiger partial charge on any atom is -0.267 e. The molecule has 3 aromatic heterocycles. The molecule has 7 heteroatoms. The molecule has 5 rings (SSSR count). The molecule has 0 aliphatic heterocycles. The summed E-state index contributed by atoms with van der Waals surface area (Å²) in [6.07, 6.45) is 3.88. The summed E-state index contributed by atoms with van der Waals surface area (Å²) in [7, 11) is 1.87. The number of carbonyl (C=O) groups is 1. The Bertz CT molecular complexity index is 1170. The molecule has 1 amide bonds. The average Bonchev–Trinajstić information content (AvgIpc) is 3.36. The second-order valence-electron chi connectivity index (χ2n) is 6.82. The maximum absolute atomic E-state index is 13.1. The van der Waals surface area contributed by atoms with Gasteiger partial charge in [0, 0.05) is 18.7 Å². The van der Waals surface area contributed by atoms with Gasteiger partial charge in [-0.05, 0) is 38.0 Å². The molecular formula is C19H18N6O. The van der Waals surface area contributed by atoms with Crippen LogP contribution in [0.2, 0.25) is 0 Å². The molecule has 1 fully saturated rings. The number of imidazole rings is 1. The highest BCUT2D eigenvalue weighted by atomic mass is 16.2. The third-order valence-corrected chi connectivity index (χ3v) is 4.90. The Kier molecular flexibility index (Phi) is 3.12. The molecule has 7 nitrogen and oxygen atoms in total. The van der Waals surface area contributed by atoms with Gasteiger partial charge in [-0.15, -0.1) is 0 Å². The number of benzene rings is 1. The highest BCUT2D eigenvalue weighted by molar-refractivity contribution is 6.10. The predicted octanol–water partition coefficient (Wildman–Crippen LogP) is 2.89. The second kappa shape index (κ2) is 5.39. The fraction of sp³-hybridized carbons (Fsp3) is 0.263. The van der Waals surface area contributed by atoms with E-state index >= 15 is 0 Å². The summed E-state index contributed by atoms with van der Waals surface area (Å²) in [6.45, 7) is 1.91. The molecule has 1 saturated carbocycles. The zero-order valence-electron chi connectivity index (χ0n) is 14.6. The van der Waals surface area contributed by atoms with Crippen LogP contribution in [-0.4, -0.2) is 30.3 Å². The molecule has 0 radical (unpaired) electrons. The number of fused-ring (bicyclic) bond motifs is 2. The standard InChI is InChI=1S/C19H18N6O/c1-11-17-13(9-15(12-7-8-12)21-18(17)24(2)22-11)19(26)23-25-10-20-14-5-3-4-6-16(14)25/h3-6,9-10,12H,7-8H2,1-2H3,(H,23,26). The van der Waals surface area contributed by atoms with Gasteiger partial charge >= 0.3 is 0 Å². The van der Waals surface area contributed by atoms with Crippen LogP contribution in [0.3, 0.4) is 0 Å². The van der Waals surface area contributed by atoms with Gasteiger partial charge < -0.3 is 0 Å². The fourth-order valence-corrected chi connectivity index (χ4v) is 3.45. The Hall–Kier alpha value is -3.22. The van der Waals surface area contributed by atoms with Crippen LogP contribution in [0.15, 0.2) is 36.7 Å². The Morgan fingerprint density at radius 2 is 2.08 bits per heavy atom. The van der Waals surface area contributed by atoms with E-state index in [1.54, 1.807) is 15.7 Å². The summed E-state index contributed by atoms with van der Waals surface area (Å²) in [4.78, 5) is 22.2. The molecule has 1 aliphatic rings. The normalized spacial score (nSPS) is 14.2. The predicted molar refractivity (Wildman–Crippen MR) is 98.6 cm³/mol. The number of carbonyl (C=O) groups excluding carboxylic acids is 1. The largest absolute Gasteiger partial charge is 0.271 e. The van der Waals surface area contributed by atoms with E-state index in [0.29, 0.717) is 11.5 Å². The van der Waals surface area contributed by atoms with Gasteiger partial charge in [0.1, 0.15) is 6.33 Å². The maximum Gasteiger partial charge on any atom is 0.271 e. The van der Waals surface area contributed by atoms with Gasteiger partial charge in [0.2, 0.25) is 0 Å². The van der Waals surface area contributed by atoms with Crippen molar-refractivity contribution in [3.8, 4) is 0 Å². The van der Waals surface area contributed by atoms with Gasteiger partial charge in [0.05, 0.1) is 27.7 Å². The van der Waals surface area contributed by atoms with E-state index in [-0.39, 0.29) is 5.91 Å². The first kappa shape index (κ1) is 15.1. The van der Waals surface area contributed by atoms with E-state index < -0.39 is 0 Å². The van der Waals surface area contributed by atoms with Gasteiger partial charge in [-0.2, -0.15) is 5.10 Å². The van der Waals surface area contributed by atoms with Crippen molar-refractivity contribution in [2.75, 3.05) is 5.43 Å². The number of nitrogens with one attached hydrogen (secondary N) is 1. The van der Waals surface area contributed by atoms with Crippen molar-refractivity contribution in [1.82, 2.24) is 24.4 Å². The lowest BCUT2D eigenvalue weighted by atomic mass is 10.1. The van der Waals surface area contributed by atoms with E-state index in [0.717, 1.165) is 46.3 Å². The number of nitrogens with zero attached hydrogens (tertiary/aromatic N) is 5. The summed E-state index contributed by atoms with van der Waals surface area (Å²) >= 11 is 0. The van der Waals surface area contributed by atoms with Crippen LogP contribution in [0.4, 0.5) is 0 Å². The molecule has 0 unspecified atom stereocenters. The third-order valence-electron chi connectivity index (χ3n) is 4.90. The van der Waals surface area contributed by atoms with Crippen molar-refractivity contribution in [2.45, 2.75) is 25.7 Å². The van der Waals surface area contributed by atoms with Crippen LogP contribution in [0.1, 0.15) is 40.5 Å². The lowest BCUT2D eigenvalue weighted by Gasteiger charge is -2.10. The van der Waals surface area contributed by atoms with Crippen molar-refractivity contribution < 1.29 is 4.79 Å². The fourth-order valence-electron chi connectivity index (χ4n) is 3.45. The molecule has 1 N–H and O–H groups in total.